The van der Waals surface area contributed by atoms with Crippen molar-refractivity contribution in [3.05, 3.63) is 12.7 Å². The first-order chi connectivity index (χ1) is 8.41. The molecule has 100 valence electrons. The number of fused-ring (bicyclic) bond motifs is 1. The zero-order valence-electron chi connectivity index (χ0n) is 9.51. The van der Waals surface area contributed by atoms with E-state index in [2.05, 4.69) is 6.58 Å². The lowest BCUT2D eigenvalue weighted by atomic mass is 9.96. The van der Waals surface area contributed by atoms with E-state index >= 15 is 0 Å². The summed E-state index contributed by atoms with van der Waals surface area (Å²) in [6, 6.07) is -1.34. The number of amides is 1. The SMILES string of the molecule is C=CCOC(=O)N1CCC(C(=O)O)C2C1C2(F)F. The Morgan fingerprint density at radius 2 is 2.22 bits per heavy atom. The summed E-state index contributed by atoms with van der Waals surface area (Å²) in [5, 5.41) is 8.85. The van der Waals surface area contributed by atoms with E-state index in [1.807, 2.05) is 0 Å². The van der Waals surface area contributed by atoms with Gasteiger partial charge in [-0.25, -0.2) is 13.6 Å². The molecule has 1 saturated heterocycles. The number of carbonyl (C=O) groups is 2. The minimum atomic E-state index is -3.13. The van der Waals surface area contributed by atoms with Crippen molar-refractivity contribution in [2.24, 2.45) is 11.8 Å². The van der Waals surface area contributed by atoms with Crippen LogP contribution in [-0.2, 0) is 9.53 Å². The normalized spacial score (nSPS) is 32.3. The standard InChI is InChI=1S/C11H13F2NO4/c1-2-5-18-10(17)14-4-3-6(9(15)16)7-8(14)11(7,12)13/h2,6-8H,1,3-5H2,(H,15,16). The van der Waals surface area contributed by atoms with Crippen LogP contribution >= 0.6 is 0 Å². The van der Waals surface area contributed by atoms with E-state index in [-0.39, 0.29) is 19.6 Å². The highest BCUT2D eigenvalue weighted by Gasteiger charge is 2.76. The van der Waals surface area contributed by atoms with Crippen LogP contribution in [0.4, 0.5) is 13.6 Å². The zero-order valence-corrected chi connectivity index (χ0v) is 9.51. The minimum absolute atomic E-state index is 0.0231. The predicted molar refractivity (Wildman–Crippen MR) is 56.2 cm³/mol. The Labute approximate surface area is 102 Å². The lowest BCUT2D eigenvalue weighted by Crippen LogP contribution is -2.42. The van der Waals surface area contributed by atoms with Crippen molar-refractivity contribution in [2.75, 3.05) is 13.2 Å². The molecule has 0 aromatic carbocycles. The van der Waals surface area contributed by atoms with Gasteiger partial charge in [0.25, 0.3) is 5.92 Å². The first kappa shape index (κ1) is 12.8. The highest BCUT2D eigenvalue weighted by Crippen LogP contribution is 2.59. The molecule has 2 rings (SSSR count). The Morgan fingerprint density at radius 3 is 2.78 bits per heavy atom. The Morgan fingerprint density at radius 1 is 1.56 bits per heavy atom. The molecule has 5 nitrogen and oxygen atoms in total. The van der Waals surface area contributed by atoms with E-state index in [0.717, 1.165) is 4.90 Å². The van der Waals surface area contributed by atoms with Crippen LogP contribution in [0.2, 0.25) is 0 Å². The maximum atomic E-state index is 13.5. The van der Waals surface area contributed by atoms with Gasteiger partial charge in [0.1, 0.15) is 12.6 Å². The van der Waals surface area contributed by atoms with Crippen LogP contribution in [0.25, 0.3) is 0 Å². The highest BCUT2D eigenvalue weighted by molar-refractivity contribution is 5.75. The fourth-order valence-electron chi connectivity index (χ4n) is 2.52. The van der Waals surface area contributed by atoms with E-state index in [4.69, 9.17) is 9.84 Å². The summed E-state index contributed by atoms with van der Waals surface area (Å²) in [6.45, 7) is 3.27. The summed E-state index contributed by atoms with van der Waals surface area (Å²) in [5.74, 6) is -6.75. The quantitative estimate of drug-likeness (QED) is 0.779. The first-order valence-corrected chi connectivity index (χ1v) is 5.56. The summed E-state index contributed by atoms with van der Waals surface area (Å²) in [7, 11) is 0. The number of likely N-dealkylation sites (tertiary alicyclic amines) is 1. The molecule has 0 aromatic rings. The van der Waals surface area contributed by atoms with Gasteiger partial charge in [0.05, 0.1) is 11.8 Å². The van der Waals surface area contributed by atoms with Gasteiger partial charge in [-0.1, -0.05) is 12.7 Å². The van der Waals surface area contributed by atoms with Crippen LogP contribution in [0.5, 0.6) is 0 Å². The molecular formula is C11H13F2NO4. The molecule has 1 aliphatic carbocycles. The largest absolute Gasteiger partial charge is 0.481 e. The Hall–Kier alpha value is -1.66. The molecule has 0 bridgehead atoms. The topological polar surface area (TPSA) is 66.8 Å². The second-order valence-corrected chi connectivity index (χ2v) is 4.44. The number of rotatable bonds is 3. The van der Waals surface area contributed by atoms with Crippen molar-refractivity contribution < 1.29 is 28.2 Å². The number of carboxylic acid groups (broad SMARTS) is 1. The van der Waals surface area contributed by atoms with Gasteiger partial charge >= 0.3 is 12.1 Å². The van der Waals surface area contributed by atoms with E-state index in [1.165, 1.54) is 6.08 Å². The third kappa shape index (κ3) is 1.83. The van der Waals surface area contributed by atoms with Crippen molar-refractivity contribution in [3.63, 3.8) is 0 Å². The third-order valence-electron chi connectivity index (χ3n) is 3.40. The van der Waals surface area contributed by atoms with E-state index < -0.39 is 35.9 Å². The van der Waals surface area contributed by atoms with Crippen molar-refractivity contribution in [1.82, 2.24) is 4.90 Å². The Balaban J connectivity index is 2.08. The summed E-state index contributed by atoms with van der Waals surface area (Å²) in [4.78, 5) is 23.3. The number of hydrogen-bond acceptors (Lipinski definition) is 3. The maximum absolute atomic E-state index is 13.5. The zero-order chi connectivity index (χ0) is 13.5. The molecule has 2 aliphatic rings. The predicted octanol–water partition coefficient (Wildman–Crippen LogP) is 1.35. The number of alkyl halides is 2. The molecule has 1 N–H and O–H groups in total. The van der Waals surface area contributed by atoms with Crippen molar-refractivity contribution in [3.8, 4) is 0 Å². The van der Waals surface area contributed by atoms with Gasteiger partial charge in [0.15, 0.2) is 0 Å². The van der Waals surface area contributed by atoms with E-state index in [1.54, 1.807) is 0 Å². The molecule has 7 heteroatoms. The van der Waals surface area contributed by atoms with Crippen molar-refractivity contribution in [2.45, 2.75) is 18.4 Å². The number of aliphatic carboxylic acids is 1. The molecule has 1 heterocycles. The number of carbonyl (C=O) groups excluding carboxylic acids is 1. The molecule has 3 atom stereocenters. The van der Waals surface area contributed by atoms with Crippen LogP contribution in [-0.4, -0.2) is 47.2 Å². The monoisotopic (exact) mass is 261 g/mol. The number of hydrogen-bond donors (Lipinski definition) is 1. The van der Waals surface area contributed by atoms with Crippen LogP contribution in [0, 0.1) is 11.8 Å². The van der Waals surface area contributed by atoms with Crippen LogP contribution in [0.3, 0.4) is 0 Å². The van der Waals surface area contributed by atoms with Gasteiger partial charge in [0.2, 0.25) is 0 Å². The molecule has 18 heavy (non-hydrogen) atoms. The lowest BCUT2D eigenvalue weighted by Gasteiger charge is -2.27. The summed E-state index contributed by atoms with van der Waals surface area (Å²) in [5.41, 5.74) is 0. The molecule has 0 spiro atoms. The van der Waals surface area contributed by atoms with Gasteiger partial charge in [0, 0.05) is 6.54 Å². The average molecular weight is 261 g/mol. The molecular weight excluding hydrogens is 248 g/mol. The van der Waals surface area contributed by atoms with Crippen molar-refractivity contribution in [1.29, 1.82) is 0 Å². The van der Waals surface area contributed by atoms with Crippen molar-refractivity contribution >= 4 is 12.1 Å². The van der Waals surface area contributed by atoms with Gasteiger partial charge in [-0.15, -0.1) is 0 Å². The number of piperidine rings is 1. The molecule has 0 aromatic heterocycles. The second kappa shape index (κ2) is 4.22. The minimum Gasteiger partial charge on any atom is -0.481 e. The smallest absolute Gasteiger partial charge is 0.410 e. The van der Waals surface area contributed by atoms with E-state index in [9.17, 15) is 18.4 Å². The summed E-state index contributed by atoms with van der Waals surface area (Å²) < 4.78 is 31.7. The lowest BCUT2D eigenvalue weighted by molar-refractivity contribution is -0.144. The molecule has 1 amide bonds. The number of ether oxygens (including phenoxy) is 1. The number of nitrogens with zero attached hydrogens (tertiary/aromatic N) is 1. The third-order valence-corrected chi connectivity index (χ3v) is 3.40. The van der Waals surface area contributed by atoms with Gasteiger partial charge in [-0.2, -0.15) is 0 Å². The molecule has 0 radical (unpaired) electrons. The van der Waals surface area contributed by atoms with Gasteiger partial charge in [-0.3, -0.25) is 9.69 Å². The number of halogens is 2. The van der Waals surface area contributed by atoms with Gasteiger partial charge in [-0.05, 0) is 6.42 Å². The fraction of sp³-hybridized carbons (Fsp3) is 0.636. The summed E-state index contributed by atoms with van der Waals surface area (Å²) in [6.07, 6.45) is 0.519. The first-order valence-electron chi connectivity index (χ1n) is 5.56. The molecule has 1 saturated carbocycles. The number of carboxylic acids is 1. The van der Waals surface area contributed by atoms with E-state index in [0.29, 0.717) is 0 Å². The summed E-state index contributed by atoms with van der Waals surface area (Å²) >= 11 is 0. The van der Waals surface area contributed by atoms with Crippen LogP contribution in [0.1, 0.15) is 6.42 Å². The molecule has 1 aliphatic heterocycles. The average Bonchev–Trinajstić information content (AvgIpc) is 2.89. The molecule has 2 fully saturated rings. The van der Waals surface area contributed by atoms with Gasteiger partial charge < -0.3 is 9.84 Å². The second-order valence-electron chi connectivity index (χ2n) is 4.44. The molecule has 3 unspecified atom stereocenters. The Bertz CT molecular complexity index is 399. The Kier molecular flexibility index (Phi) is 3.00. The maximum Gasteiger partial charge on any atom is 0.410 e. The fourth-order valence-corrected chi connectivity index (χ4v) is 2.52. The highest BCUT2D eigenvalue weighted by atomic mass is 19.3. The van der Waals surface area contributed by atoms with Crippen LogP contribution < -0.4 is 0 Å². The van der Waals surface area contributed by atoms with Crippen LogP contribution in [0.15, 0.2) is 12.7 Å².